The molecular weight excluding hydrogens is 310 g/mol. The summed E-state index contributed by atoms with van der Waals surface area (Å²) in [6.45, 7) is 2.62. The van der Waals surface area contributed by atoms with E-state index in [2.05, 4.69) is 17.2 Å². The van der Waals surface area contributed by atoms with Gasteiger partial charge in [0.1, 0.15) is 4.99 Å². The normalized spacial score (nSPS) is 10.4. The first-order valence-electron chi connectivity index (χ1n) is 6.08. The molecule has 0 saturated heterocycles. The van der Waals surface area contributed by atoms with Gasteiger partial charge in [-0.25, -0.2) is 0 Å². The maximum Gasteiger partial charge on any atom is 0.304 e. The maximum atomic E-state index is 11.1. The number of hydrogen-bond donors (Lipinski definition) is 3. The Morgan fingerprint density at radius 2 is 2.35 bits per heavy atom. The second-order valence-electron chi connectivity index (χ2n) is 4.00. The van der Waals surface area contributed by atoms with Crippen LogP contribution >= 0.6 is 35.3 Å². The summed E-state index contributed by atoms with van der Waals surface area (Å²) in [4.78, 5) is 15.3. The van der Waals surface area contributed by atoms with Gasteiger partial charge in [-0.2, -0.15) is 0 Å². The van der Waals surface area contributed by atoms with Crippen LogP contribution in [0.2, 0.25) is 0 Å². The standard InChI is InChI=1S/C13H15N3OS3/c1-2-19-10-5-3-4-9(11(10)12(14)18)15-6-8-7-20-13(17)16-8/h3-5,7,15H,2,6H2,1H3,(H2,14,18)(H,16,17). The highest BCUT2D eigenvalue weighted by molar-refractivity contribution is 7.99. The quantitative estimate of drug-likeness (QED) is 0.563. The van der Waals surface area contributed by atoms with Crippen molar-refractivity contribution in [3.63, 3.8) is 0 Å². The van der Waals surface area contributed by atoms with Crippen LogP contribution in [0, 0.1) is 0 Å². The molecule has 2 rings (SSSR count). The average molecular weight is 325 g/mol. The van der Waals surface area contributed by atoms with Crippen molar-refractivity contribution in [2.75, 3.05) is 11.1 Å². The van der Waals surface area contributed by atoms with Crippen molar-refractivity contribution in [2.24, 2.45) is 5.73 Å². The van der Waals surface area contributed by atoms with Crippen molar-refractivity contribution in [3.8, 4) is 0 Å². The number of nitrogens with two attached hydrogens (primary N) is 1. The van der Waals surface area contributed by atoms with Gasteiger partial charge >= 0.3 is 4.87 Å². The van der Waals surface area contributed by atoms with Crippen LogP contribution in [0.3, 0.4) is 0 Å². The van der Waals surface area contributed by atoms with Crippen LogP contribution < -0.4 is 15.9 Å². The van der Waals surface area contributed by atoms with Gasteiger partial charge in [0.05, 0.1) is 6.54 Å². The highest BCUT2D eigenvalue weighted by Crippen LogP contribution is 2.28. The second kappa shape index (κ2) is 6.92. The Morgan fingerprint density at radius 3 is 2.95 bits per heavy atom. The molecule has 0 amide bonds. The summed E-state index contributed by atoms with van der Waals surface area (Å²) < 4.78 is 0. The second-order valence-corrected chi connectivity index (χ2v) is 6.59. The molecule has 2 aromatic rings. The molecule has 0 spiro atoms. The highest BCUT2D eigenvalue weighted by Gasteiger charge is 2.11. The Hall–Kier alpha value is -1.31. The van der Waals surface area contributed by atoms with Crippen LogP contribution in [0.5, 0.6) is 0 Å². The van der Waals surface area contributed by atoms with Crippen LogP contribution in [-0.4, -0.2) is 15.7 Å². The van der Waals surface area contributed by atoms with E-state index in [1.807, 2.05) is 18.2 Å². The number of aromatic amines is 1. The molecule has 0 aliphatic rings. The lowest BCUT2D eigenvalue weighted by molar-refractivity contribution is 1.06. The zero-order valence-electron chi connectivity index (χ0n) is 10.9. The van der Waals surface area contributed by atoms with E-state index in [1.54, 1.807) is 17.1 Å². The molecule has 0 unspecified atom stereocenters. The molecule has 0 bridgehead atoms. The summed E-state index contributed by atoms with van der Waals surface area (Å²) in [6.07, 6.45) is 0. The van der Waals surface area contributed by atoms with E-state index in [0.717, 1.165) is 38.9 Å². The molecule has 7 heteroatoms. The first-order valence-corrected chi connectivity index (χ1v) is 8.35. The third-order valence-corrected chi connectivity index (χ3v) is 4.48. The van der Waals surface area contributed by atoms with Crippen molar-refractivity contribution in [3.05, 3.63) is 44.5 Å². The largest absolute Gasteiger partial charge is 0.389 e. The van der Waals surface area contributed by atoms with E-state index in [4.69, 9.17) is 18.0 Å². The minimum atomic E-state index is -0.0494. The van der Waals surface area contributed by atoms with E-state index in [0.29, 0.717) is 11.5 Å². The number of rotatable bonds is 6. The van der Waals surface area contributed by atoms with Crippen molar-refractivity contribution >= 4 is 46.0 Å². The Labute approximate surface area is 130 Å². The lowest BCUT2D eigenvalue weighted by Crippen LogP contribution is -2.15. The fourth-order valence-electron chi connectivity index (χ4n) is 1.80. The van der Waals surface area contributed by atoms with Crippen LogP contribution in [0.4, 0.5) is 5.69 Å². The summed E-state index contributed by atoms with van der Waals surface area (Å²) in [6, 6.07) is 5.93. The molecule has 106 valence electrons. The van der Waals surface area contributed by atoms with Gasteiger partial charge in [-0.1, -0.05) is 36.5 Å². The summed E-state index contributed by atoms with van der Waals surface area (Å²) in [5, 5.41) is 5.08. The fraction of sp³-hybridized carbons (Fsp3) is 0.231. The Morgan fingerprint density at radius 1 is 1.55 bits per heavy atom. The Balaban J connectivity index is 2.24. The number of thioether (sulfide) groups is 1. The minimum Gasteiger partial charge on any atom is -0.389 e. The smallest absolute Gasteiger partial charge is 0.304 e. The third-order valence-electron chi connectivity index (χ3n) is 2.61. The van der Waals surface area contributed by atoms with Gasteiger partial charge in [-0.05, 0) is 17.9 Å². The molecule has 1 aromatic heterocycles. The fourth-order valence-corrected chi connectivity index (χ4v) is 3.52. The molecule has 0 saturated carbocycles. The first kappa shape index (κ1) is 15.1. The SMILES string of the molecule is CCSc1cccc(NCc2csc(=O)[nH]2)c1C(N)=S. The van der Waals surface area contributed by atoms with E-state index in [-0.39, 0.29) is 4.87 Å². The van der Waals surface area contributed by atoms with Crippen molar-refractivity contribution in [1.82, 2.24) is 4.98 Å². The third kappa shape index (κ3) is 3.62. The van der Waals surface area contributed by atoms with Crippen LogP contribution in [-0.2, 0) is 6.54 Å². The number of H-pyrrole nitrogens is 1. The molecule has 1 aromatic carbocycles. The zero-order valence-corrected chi connectivity index (χ0v) is 13.4. The number of hydrogen-bond acceptors (Lipinski definition) is 5. The lowest BCUT2D eigenvalue weighted by atomic mass is 10.1. The van der Waals surface area contributed by atoms with Gasteiger partial charge < -0.3 is 16.0 Å². The summed E-state index contributed by atoms with van der Waals surface area (Å²) in [5.74, 6) is 0.955. The van der Waals surface area contributed by atoms with Crippen molar-refractivity contribution < 1.29 is 0 Å². The summed E-state index contributed by atoms with van der Waals surface area (Å²) in [7, 11) is 0. The Kier molecular flexibility index (Phi) is 5.22. The zero-order chi connectivity index (χ0) is 14.5. The molecule has 0 aliphatic heterocycles. The number of thiazole rings is 1. The number of aromatic nitrogens is 1. The molecule has 0 atom stereocenters. The van der Waals surface area contributed by atoms with E-state index in [1.165, 1.54) is 0 Å². The van der Waals surface area contributed by atoms with Gasteiger partial charge in [0, 0.05) is 27.2 Å². The lowest BCUT2D eigenvalue weighted by Gasteiger charge is -2.14. The van der Waals surface area contributed by atoms with Gasteiger partial charge in [0.25, 0.3) is 0 Å². The predicted molar refractivity (Wildman–Crippen MR) is 91.0 cm³/mol. The highest BCUT2D eigenvalue weighted by atomic mass is 32.2. The number of nitrogens with one attached hydrogen (secondary N) is 2. The summed E-state index contributed by atoms with van der Waals surface area (Å²) >= 11 is 8.02. The van der Waals surface area contributed by atoms with E-state index >= 15 is 0 Å². The Bertz CT molecular complexity index is 663. The van der Waals surface area contributed by atoms with Gasteiger partial charge in [-0.15, -0.1) is 11.8 Å². The van der Waals surface area contributed by atoms with Gasteiger partial charge in [-0.3, -0.25) is 4.79 Å². The monoisotopic (exact) mass is 325 g/mol. The molecule has 4 nitrogen and oxygen atoms in total. The maximum absolute atomic E-state index is 11.1. The predicted octanol–water partition coefficient (Wildman–Crippen LogP) is 2.79. The molecule has 0 radical (unpaired) electrons. The number of thiocarbonyl (C=S) groups is 1. The van der Waals surface area contributed by atoms with Crippen LogP contribution in [0.15, 0.2) is 33.3 Å². The molecule has 1 heterocycles. The first-order chi connectivity index (χ1) is 9.61. The van der Waals surface area contributed by atoms with Gasteiger partial charge in [0.2, 0.25) is 0 Å². The molecule has 0 fully saturated rings. The van der Waals surface area contributed by atoms with E-state index < -0.39 is 0 Å². The number of anilines is 1. The van der Waals surface area contributed by atoms with Crippen molar-refractivity contribution in [1.29, 1.82) is 0 Å². The van der Waals surface area contributed by atoms with Crippen LogP contribution in [0.25, 0.3) is 0 Å². The number of benzene rings is 1. The van der Waals surface area contributed by atoms with Gasteiger partial charge in [0.15, 0.2) is 0 Å². The van der Waals surface area contributed by atoms with Crippen LogP contribution in [0.1, 0.15) is 18.2 Å². The molecule has 0 aliphatic carbocycles. The minimum absolute atomic E-state index is 0.0494. The topological polar surface area (TPSA) is 70.9 Å². The molecule has 20 heavy (non-hydrogen) atoms. The average Bonchev–Trinajstić information content (AvgIpc) is 2.82. The molecular formula is C13H15N3OS3. The van der Waals surface area contributed by atoms with Crippen molar-refractivity contribution in [2.45, 2.75) is 18.4 Å². The summed E-state index contributed by atoms with van der Waals surface area (Å²) in [5.41, 5.74) is 8.45. The van der Waals surface area contributed by atoms with E-state index in [9.17, 15) is 4.79 Å². The molecule has 4 N–H and O–H groups in total.